The number of nitrogens with zero attached hydrogens (tertiary/aromatic N) is 2. The summed E-state index contributed by atoms with van der Waals surface area (Å²) < 4.78 is 30.6. The van der Waals surface area contributed by atoms with Gasteiger partial charge in [0.1, 0.15) is 5.78 Å². The average Bonchev–Trinajstić information content (AvgIpc) is 2.66. The number of ether oxygens (including phenoxy) is 1. The molecule has 0 saturated heterocycles. The molecule has 1 amide bonds. The van der Waals surface area contributed by atoms with Crippen LogP contribution >= 0.6 is 0 Å². The summed E-state index contributed by atoms with van der Waals surface area (Å²) in [5.41, 5.74) is 1.63. The van der Waals surface area contributed by atoms with Gasteiger partial charge in [-0.1, -0.05) is 19.9 Å². The molecule has 2 aromatic heterocycles. The van der Waals surface area contributed by atoms with Gasteiger partial charge in [-0.3, -0.25) is 14.6 Å². The van der Waals surface area contributed by atoms with Gasteiger partial charge in [-0.25, -0.2) is 13.8 Å². The lowest BCUT2D eigenvalue weighted by molar-refractivity contribution is -0.121. The third kappa shape index (κ3) is 7.21. The summed E-state index contributed by atoms with van der Waals surface area (Å²) in [4.78, 5) is 32.6. The van der Waals surface area contributed by atoms with Gasteiger partial charge in [-0.05, 0) is 24.6 Å². The predicted molar refractivity (Wildman–Crippen MR) is 104 cm³/mol. The predicted octanol–water partition coefficient (Wildman–Crippen LogP) is 3.77. The molecule has 0 saturated carbocycles. The molecule has 2 aromatic rings. The maximum absolute atomic E-state index is 12.8. The van der Waals surface area contributed by atoms with Crippen molar-refractivity contribution in [2.75, 3.05) is 6.61 Å². The minimum absolute atomic E-state index is 0.0534. The lowest BCUT2D eigenvalue weighted by Gasteiger charge is -2.15. The third-order valence-corrected chi connectivity index (χ3v) is 4.16. The topological polar surface area (TPSA) is 81.2 Å². The van der Waals surface area contributed by atoms with Crippen molar-refractivity contribution in [2.24, 2.45) is 5.92 Å². The summed E-state index contributed by atoms with van der Waals surface area (Å²) in [5, 5.41) is 2.84. The molecule has 29 heavy (non-hydrogen) atoms. The van der Waals surface area contributed by atoms with E-state index in [1.165, 1.54) is 18.5 Å². The Bertz CT molecular complexity index is 849. The molecule has 0 aliphatic heterocycles. The van der Waals surface area contributed by atoms with Gasteiger partial charge in [0.15, 0.2) is 6.61 Å². The van der Waals surface area contributed by atoms with Crippen LogP contribution in [-0.2, 0) is 11.2 Å². The number of nitrogens with one attached hydrogen (secondary N) is 1. The molecule has 2 rings (SSSR count). The van der Waals surface area contributed by atoms with E-state index in [0.29, 0.717) is 16.8 Å². The van der Waals surface area contributed by atoms with Crippen molar-refractivity contribution in [1.29, 1.82) is 0 Å². The summed E-state index contributed by atoms with van der Waals surface area (Å²) in [6.07, 6.45) is 3.14. The molecule has 6 nitrogen and oxygen atoms in total. The van der Waals surface area contributed by atoms with E-state index in [4.69, 9.17) is 4.74 Å². The van der Waals surface area contributed by atoms with Gasteiger partial charge < -0.3 is 10.1 Å². The maximum Gasteiger partial charge on any atom is 0.278 e. The third-order valence-electron chi connectivity index (χ3n) is 4.16. The number of ketones is 1. The molecule has 0 aliphatic carbocycles. The number of rotatable bonds is 9. The van der Waals surface area contributed by atoms with Crippen LogP contribution in [0.1, 0.15) is 55.4 Å². The molecule has 1 atom stereocenters. The highest BCUT2D eigenvalue weighted by atomic mass is 19.3. The number of pyridine rings is 2. The summed E-state index contributed by atoms with van der Waals surface area (Å²) in [7, 11) is 0. The molecule has 0 radical (unpaired) electrons. The number of Topliss-reactive ketones (excluding diaryl/α,β-unsaturated/α-hetero) is 1. The Morgan fingerprint density at radius 1 is 1.17 bits per heavy atom. The van der Waals surface area contributed by atoms with Crippen LogP contribution in [0.25, 0.3) is 0 Å². The Hall–Kier alpha value is -2.90. The van der Waals surface area contributed by atoms with Crippen molar-refractivity contribution in [3.05, 3.63) is 53.5 Å². The lowest BCUT2D eigenvalue weighted by atomic mass is 10.0. The molecule has 0 fully saturated rings. The number of aromatic nitrogens is 2. The SMILES string of the molecule is CC(C)C(=O)Cc1cc(C(=O)NC(C)c2ccc(OCC(C)(F)F)nc2)ccn1. The summed E-state index contributed by atoms with van der Waals surface area (Å²) in [6, 6.07) is 5.94. The van der Waals surface area contributed by atoms with Crippen LogP contribution in [0.4, 0.5) is 8.78 Å². The second-order valence-corrected chi connectivity index (χ2v) is 7.32. The Morgan fingerprint density at radius 2 is 1.90 bits per heavy atom. The van der Waals surface area contributed by atoms with Gasteiger partial charge in [0, 0.05) is 49.0 Å². The normalized spacial score (nSPS) is 12.5. The first kappa shape index (κ1) is 22.4. The minimum Gasteiger partial charge on any atom is -0.471 e. The first-order chi connectivity index (χ1) is 13.5. The molecule has 8 heteroatoms. The fourth-order valence-electron chi connectivity index (χ4n) is 2.40. The van der Waals surface area contributed by atoms with Crippen LogP contribution in [-0.4, -0.2) is 34.2 Å². The van der Waals surface area contributed by atoms with Gasteiger partial charge in [0.05, 0.1) is 6.04 Å². The molecule has 0 spiro atoms. The molecular formula is C21H25F2N3O3. The minimum atomic E-state index is -2.94. The lowest BCUT2D eigenvalue weighted by Crippen LogP contribution is -2.27. The number of alkyl halides is 2. The highest BCUT2D eigenvalue weighted by Crippen LogP contribution is 2.18. The molecule has 0 aliphatic rings. The quantitative estimate of drug-likeness (QED) is 0.687. The van der Waals surface area contributed by atoms with Gasteiger partial charge >= 0.3 is 0 Å². The van der Waals surface area contributed by atoms with E-state index in [2.05, 4.69) is 15.3 Å². The van der Waals surface area contributed by atoms with Crippen molar-refractivity contribution in [1.82, 2.24) is 15.3 Å². The van der Waals surface area contributed by atoms with E-state index in [1.54, 1.807) is 25.1 Å². The van der Waals surface area contributed by atoms with Gasteiger partial charge in [-0.15, -0.1) is 0 Å². The van der Waals surface area contributed by atoms with Gasteiger partial charge in [-0.2, -0.15) is 0 Å². The first-order valence-electron chi connectivity index (χ1n) is 9.30. The molecular weight excluding hydrogens is 380 g/mol. The van der Waals surface area contributed by atoms with Crippen LogP contribution in [0.3, 0.4) is 0 Å². The van der Waals surface area contributed by atoms with Crippen molar-refractivity contribution in [3.63, 3.8) is 0 Å². The van der Waals surface area contributed by atoms with Crippen LogP contribution in [0, 0.1) is 5.92 Å². The van der Waals surface area contributed by atoms with Crippen LogP contribution in [0.15, 0.2) is 36.7 Å². The van der Waals surface area contributed by atoms with Crippen molar-refractivity contribution < 1.29 is 23.1 Å². The molecule has 1 N–H and O–H groups in total. The van der Waals surface area contributed by atoms with E-state index >= 15 is 0 Å². The van der Waals surface area contributed by atoms with Crippen molar-refractivity contribution in [2.45, 2.75) is 46.1 Å². The Kier molecular flexibility index (Phi) is 7.36. The zero-order valence-electron chi connectivity index (χ0n) is 16.9. The Labute approximate surface area is 168 Å². The highest BCUT2D eigenvalue weighted by Gasteiger charge is 2.22. The Balaban J connectivity index is 1.99. The van der Waals surface area contributed by atoms with Crippen molar-refractivity contribution in [3.8, 4) is 5.88 Å². The van der Waals surface area contributed by atoms with E-state index in [0.717, 1.165) is 6.92 Å². The molecule has 2 heterocycles. The van der Waals surface area contributed by atoms with Crippen molar-refractivity contribution >= 4 is 11.7 Å². The number of hydrogen-bond donors (Lipinski definition) is 1. The smallest absolute Gasteiger partial charge is 0.278 e. The average molecular weight is 405 g/mol. The van der Waals surface area contributed by atoms with E-state index in [-0.39, 0.29) is 36.0 Å². The summed E-state index contributed by atoms with van der Waals surface area (Å²) >= 11 is 0. The molecule has 0 aromatic carbocycles. The standard InChI is InChI=1S/C21H25F2N3O3/c1-13(2)18(27)10-17-9-15(7-8-24-17)20(28)26-14(3)16-5-6-19(25-11-16)29-12-21(4,22)23/h5-9,11,13-14H,10,12H2,1-4H3,(H,26,28). The number of halogens is 2. The molecule has 1 unspecified atom stereocenters. The van der Waals surface area contributed by atoms with E-state index < -0.39 is 12.5 Å². The zero-order valence-corrected chi connectivity index (χ0v) is 16.9. The fraction of sp³-hybridized carbons (Fsp3) is 0.429. The number of carbonyl (C=O) groups excluding carboxylic acids is 2. The number of hydrogen-bond acceptors (Lipinski definition) is 5. The summed E-state index contributed by atoms with van der Waals surface area (Å²) in [6.45, 7) is 5.43. The first-order valence-corrected chi connectivity index (χ1v) is 9.30. The van der Waals surface area contributed by atoms with Crippen LogP contribution in [0.2, 0.25) is 0 Å². The maximum atomic E-state index is 12.8. The Morgan fingerprint density at radius 3 is 2.48 bits per heavy atom. The van der Waals surface area contributed by atoms with E-state index in [1.807, 2.05) is 13.8 Å². The largest absolute Gasteiger partial charge is 0.471 e. The summed E-state index contributed by atoms with van der Waals surface area (Å²) in [5.74, 6) is -3.22. The molecule has 156 valence electrons. The number of amides is 1. The van der Waals surface area contributed by atoms with Gasteiger partial charge in [0.25, 0.3) is 11.8 Å². The number of carbonyl (C=O) groups is 2. The van der Waals surface area contributed by atoms with Crippen LogP contribution in [0.5, 0.6) is 5.88 Å². The second-order valence-electron chi connectivity index (χ2n) is 7.32. The van der Waals surface area contributed by atoms with Crippen LogP contribution < -0.4 is 10.1 Å². The molecule has 0 bridgehead atoms. The zero-order chi connectivity index (χ0) is 21.6. The fourth-order valence-corrected chi connectivity index (χ4v) is 2.40. The highest BCUT2D eigenvalue weighted by molar-refractivity contribution is 5.94. The van der Waals surface area contributed by atoms with Gasteiger partial charge in [0.2, 0.25) is 5.88 Å². The second kappa shape index (κ2) is 9.54. The monoisotopic (exact) mass is 405 g/mol. The van der Waals surface area contributed by atoms with E-state index in [9.17, 15) is 18.4 Å².